The summed E-state index contributed by atoms with van der Waals surface area (Å²) in [4.78, 5) is 4.33. The van der Waals surface area contributed by atoms with E-state index in [0.717, 1.165) is 11.1 Å². The van der Waals surface area contributed by atoms with Gasteiger partial charge in [0.15, 0.2) is 0 Å². The third kappa shape index (κ3) is 2.53. The molecule has 21 heavy (non-hydrogen) atoms. The number of benzene rings is 1. The molecule has 2 N–H and O–H groups in total. The molecule has 2 aromatic heterocycles. The zero-order valence-electron chi connectivity index (χ0n) is 11.6. The van der Waals surface area contributed by atoms with Crippen molar-refractivity contribution < 1.29 is 9.26 Å². The van der Waals surface area contributed by atoms with Gasteiger partial charge in [-0.1, -0.05) is 5.16 Å². The van der Waals surface area contributed by atoms with Gasteiger partial charge in [-0.15, -0.1) is 10.2 Å². The van der Waals surface area contributed by atoms with Crippen LogP contribution in [0.5, 0.6) is 5.88 Å². The van der Waals surface area contributed by atoms with Gasteiger partial charge < -0.3 is 15.0 Å². The van der Waals surface area contributed by atoms with Crippen LogP contribution in [0.3, 0.4) is 0 Å². The molecule has 3 rings (SSSR count). The van der Waals surface area contributed by atoms with Gasteiger partial charge >= 0.3 is 0 Å². The highest BCUT2D eigenvalue weighted by atomic mass is 16.5. The lowest BCUT2D eigenvalue weighted by Gasteiger charge is -2.01. The number of nitrogens with two attached hydrogens (primary N) is 1. The van der Waals surface area contributed by atoms with E-state index in [-0.39, 0.29) is 0 Å². The standard InChI is InChI=1S/C14H13N5O2/c1-8-7-9(15)3-4-10(8)14-16-13(19-21-14)11-5-6-12(20-2)18-17-11/h3-7H,15H2,1-2H3. The SMILES string of the molecule is COc1ccc(-c2noc(-c3ccc(N)cc3C)n2)nn1. The van der Waals surface area contributed by atoms with Gasteiger partial charge in [0.05, 0.1) is 7.11 Å². The van der Waals surface area contributed by atoms with Gasteiger partial charge in [0.25, 0.3) is 5.89 Å². The normalized spacial score (nSPS) is 10.6. The van der Waals surface area contributed by atoms with Crippen molar-refractivity contribution >= 4 is 5.69 Å². The zero-order valence-corrected chi connectivity index (χ0v) is 11.6. The van der Waals surface area contributed by atoms with Crippen LogP contribution in [-0.2, 0) is 0 Å². The minimum Gasteiger partial charge on any atom is -0.480 e. The number of methoxy groups -OCH3 is 1. The van der Waals surface area contributed by atoms with E-state index in [9.17, 15) is 0 Å². The predicted molar refractivity (Wildman–Crippen MR) is 76.5 cm³/mol. The van der Waals surface area contributed by atoms with Crippen LogP contribution in [0, 0.1) is 6.92 Å². The first kappa shape index (κ1) is 13.0. The molecule has 0 fully saturated rings. The van der Waals surface area contributed by atoms with Crippen molar-refractivity contribution in [3.05, 3.63) is 35.9 Å². The number of nitrogens with zero attached hydrogens (tertiary/aromatic N) is 4. The van der Waals surface area contributed by atoms with Crippen LogP contribution in [0.4, 0.5) is 5.69 Å². The summed E-state index contributed by atoms with van der Waals surface area (Å²) in [5.41, 5.74) is 8.74. The Bertz CT molecular complexity index is 767. The number of hydrogen-bond donors (Lipinski definition) is 1. The van der Waals surface area contributed by atoms with Crippen molar-refractivity contribution in [2.45, 2.75) is 6.92 Å². The van der Waals surface area contributed by atoms with Gasteiger partial charge in [0.1, 0.15) is 5.69 Å². The molecule has 0 unspecified atom stereocenters. The second-order valence-corrected chi connectivity index (χ2v) is 4.46. The number of rotatable bonds is 3. The molecule has 0 aliphatic heterocycles. The number of ether oxygens (including phenoxy) is 1. The quantitative estimate of drug-likeness (QED) is 0.734. The largest absolute Gasteiger partial charge is 0.480 e. The van der Waals surface area contributed by atoms with Crippen LogP contribution in [0.2, 0.25) is 0 Å². The average Bonchev–Trinajstić information content (AvgIpc) is 2.97. The summed E-state index contributed by atoms with van der Waals surface area (Å²) in [5, 5.41) is 11.8. The predicted octanol–water partition coefficient (Wildman–Crippen LogP) is 2.09. The van der Waals surface area contributed by atoms with Gasteiger partial charge in [0, 0.05) is 17.3 Å². The third-order valence-electron chi connectivity index (χ3n) is 2.99. The Balaban J connectivity index is 1.95. The summed E-state index contributed by atoms with van der Waals surface area (Å²) in [7, 11) is 1.53. The van der Waals surface area contributed by atoms with E-state index < -0.39 is 0 Å². The van der Waals surface area contributed by atoms with E-state index in [1.165, 1.54) is 7.11 Å². The van der Waals surface area contributed by atoms with E-state index in [1.807, 2.05) is 19.1 Å². The molecule has 0 spiro atoms. The Hall–Kier alpha value is -2.96. The maximum Gasteiger partial charge on any atom is 0.258 e. The summed E-state index contributed by atoms with van der Waals surface area (Å²) in [5.74, 6) is 1.22. The van der Waals surface area contributed by atoms with Crippen LogP contribution < -0.4 is 10.5 Å². The second-order valence-electron chi connectivity index (χ2n) is 4.46. The molecule has 1 aromatic carbocycles. The molecule has 7 nitrogen and oxygen atoms in total. The molecular formula is C14H13N5O2. The van der Waals surface area contributed by atoms with E-state index in [1.54, 1.807) is 18.2 Å². The lowest BCUT2D eigenvalue weighted by atomic mass is 10.1. The summed E-state index contributed by atoms with van der Waals surface area (Å²) in [6.07, 6.45) is 0. The van der Waals surface area contributed by atoms with Crippen molar-refractivity contribution in [3.8, 4) is 28.9 Å². The molecule has 106 valence electrons. The monoisotopic (exact) mass is 283 g/mol. The highest BCUT2D eigenvalue weighted by Crippen LogP contribution is 2.25. The minimum absolute atomic E-state index is 0.372. The fourth-order valence-electron chi connectivity index (χ4n) is 1.91. The first-order valence-corrected chi connectivity index (χ1v) is 6.25. The summed E-state index contributed by atoms with van der Waals surface area (Å²) in [6, 6.07) is 8.90. The van der Waals surface area contributed by atoms with Crippen molar-refractivity contribution in [2.24, 2.45) is 0 Å². The first-order valence-electron chi connectivity index (χ1n) is 6.25. The fraction of sp³-hybridized carbons (Fsp3) is 0.143. The minimum atomic E-state index is 0.372. The van der Waals surface area contributed by atoms with Gasteiger partial charge in [-0.05, 0) is 36.8 Å². The molecule has 0 saturated carbocycles. The summed E-state index contributed by atoms with van der Waals surface area (Å²) < 4.78 is 10.2. The van der Waals surface area contributed by atoms with Gasteiger partial charge in [0.2, 0.25) is 11.7 Å². The number of aryl methyl sites for hydroxylation is 1. The average molecular weight is 283 g/mol. The third-order valence-corrected chi connectivity index (χ3v) is 2.99. The van der Waals surface area contributed by atoms with Crippen LogP contribution in [-0.4, -0.2) is 27.4 Å². The van der Waals surface area contributed by atoms with Gasteiger partial charge in [-0.2, -0.15) is 4.98 Å². The fourth-order valence-corrected chi connectivity index (χ4v) is 1.91. The van der Waals surface area contributed by atoms with Crippen LogP contribution >= 0.6 is 0 Å². The maximum atomic E-state index is 5.73. The van der Waals surface area contributed by atoms with E-state index in [2.05, 4.69) is 20.3 Å². The molecule has 0 aliphatic carbocycles. The Labute approximate surface area is 120 Å². The lowest BCUT2D eigenvalue weighted by molar-refractivity contribution is 0.392. The van der Waals surface area contributed by atoms with Gasteiger partial charge in [-0.25, -0.2) is 0 Å². The molecule has 0 amide bonds. The number of nitrogen functional groups attached to an aromatic ring is 1. The zero-order chi connectivity index (χ0) is 14.8. The topological polar surface area (TPSA) is 100.0 Å². The Morgan fingerprint density at radius 3 is 2.67 bits per heavy atom. The van der Waals surface area contributed by atoms with Crippen molar-refractivity contribution in [3.63, 3.8) is 0 Å². The highest BCUT2D eigenvalue weighted by molar-refractivity contribution is 5.64. The maximum absolute atomic E-state index is 5.73. The molecule has 2 heterocycles. The van der Waals surface area contributed by atoms with E-state index >= 15 is 0 Å². The Morgan fingerprint density at radius 2 is 2.00 bits per heavy atom. The van der Waals surface area contributed by atoms with Crippen LogP contribution in [0.25, 0.3) is 23.0 Å². The van der Waals surface area contributed by atoms with Crippen LogP contribution in [0.1, 0.15) is 5.56 Å². The number of anilines is 1. The molecule has 0 aliphatic rings. The van der Waals surface area contributed by atoms with E-state index in [4.69, 9.17) is 15.0 Å². The second kappa shape index (κ2) is 5.20. The molecule has 7 heteroatoms. The molecule has 3 aromatic rings. The van der Waals surface area contributed by atoms with Crippen molar-refractivity contribution in [2.75, 3.05) is 12.8 Å². The van der Waals surface area contributed by atoms with Crippen molar-refractivity contribution in [1.29, 1.82) is 0 Å². The number of hydrogen-bond acceptors (Lipinski definition) is 7. The lowest BCUT2D eigenvalue weighted by Crippen LogP contribution is -1.93. The summed E-state index contributed by atoms with van der Waals surface area (Å²) in [6.45, 7) is 1.93. The molecule has 0 atom stereocenters. The molecule has 0 saturated heterocycles. The first-order chi connectivity index (χ1) is 10.2. The van der Waals surface area contributed by atoms with Crippen molar-refractivity contribution in [1.82, 2.24) is 20.3 Å². The molecule has 0 radical (unpaired) electrons. The van der Waals surface area contributed by atoms with Crippen LogP contribution in [0.15, 0.2) is 34.9 Å². The molecule has 0 bridgehead atoms. The molecular weight excluding hydrogens is 270 g/mol. The summed E-state index contributed by atoms with van der Waals surface area (Å²) >= 11 is 0. The number of aromatic nitrogens is 4. The highest BCUT2D eigenvalue weighted by Gasteiger charge is 2.14. The Kier molecular flexibility index (Phi) is 3.23. The smallest absolute Gasteiger partial charge is 0.258 e. The van der Waals surface area contributed by atoms with E-state index in [0.29, 0.717) is 29.0 Å². The van der Waals surface area contributed by atoms with Gasteiger partial charge in [-0.3, -0.25) is 0 Å². The Morgan fingerprint density at radius 1 is 1.14 bits per heavy atom.